The summed E-state index contributed by atoms with van der Waals surface area (Å²) in [6.07, 6.45) is 1.05. The molecule has 2 heterocycles. The maximum atomic E-state index is 6.24. The molecule has 0 unspecified atom stereocenters. The molecule has 82 valence electrons. The van der Waals surface area contributed by atoms with E-state index in [9.17, 15) is 0 Å². The highest BCUT2D eigenvalue weighted by Crippen LogP contribution is 2.33. The molecule has 3 heteroatoms. The second kappa shape index (κ2) is 3.67. The van der Waals surface area contributed by atoms with Crippen LogP contribution in [0.1, 0.15) is 16.8 Å². The maximum Gasteiger partial charge on any atom is 0.0728 e. The van der Waals surface area contributed by atoms with E-state index in [4.69, 9.17) is 10.7 Å². The quantitative estimate of drug-likeness (QED) is 0.756. The first kappa shape index (κ1) is 9.97. The van der Waals surface area contributed by atoms with Crippen molar-refractivity contribution in [3.8, 4) is 0 Å². The minimum atomic E-state index is 0.937. The molecule has 1 aromatic heterocycles. The molecule has 2 N–H and O–H groups in total. The molecular formula is C13H14N2S. The van der Waals surface area contributed by atoms with Crippen molar-refractivity contribution in [3.05, 3.63) is 35.0 Å². The molecule has 1 aliphatic rings. The first-order valence-corrected chi connectivity index (χ1v) is 6.66. The highest BCUT2D eigenvalue weighted by Gasteiger charge is 2.16. The summed E-state index contributed by atoms with van der Waals surface area (Å²) < 4.78 is 0. The second-order valence-electron chi connectivity index (χ2n) is 4.27. The third-order valence-electron chi connectivity index (χ3n) is 3.10. The van der Waals surface area contributed by atoms with Gasteiger partial charge in [-0.2, -0.15) is 11.8 Å². The first-order valence-electron chi connectivity index (χ1n) is 5.51. The minimum Gasteiger partial charge on any atom is -0.398 e. The zero-order valence-corrected chi connectivity index (χ0v) is 10.1. The van der Waals surface area contributed by atoms with Crippen molar-refractivity contribution in [2.45, 2.75) is 19.1 Å². The van der Waals surface area contributed by atoms with E-state index >= 15 is 0 Å². The van der Waals surface area contributed by atoms with E-state index in [0.29, 0.717) is 0 Å². The Bertz CT molecular complexity index is 563. The highest BCUT2D eigenvalue weighted by molar-refractivity contribution is 7.98. The summed E-state index contributed by atoms with van der Waals surface area (Å²) in [6, 6.07) is 6.31. The first-order chi connectivity index (χ1) is 7.75. The smallest absolute Gasteiger partial charge is 0.0728 e. The molecule has 0 radical (unpaired) electrons. The molecule has 0 saturated carbocycles. The third kappa shape index (κ3) is 1.47. The van der Waals surface area contributed by atoms with E-state index in [-0.39, 0.29) is 0 Å². The molecule has 0 spiro atoms. The average molecular weight is 230 g/mol. The van der Waals surface area contributed by atoms with Crippen LogP contribution in [0.4, 0.5) is 5.69 Å². The molecule has 0 bridgehead atoms. The number of hydrogen-bond donors (Lipinski definition) is 1. The van der Waals surface area contributed by atoms with Crippen molar-refractivity contribution < 1.29 is 0 Å². The summed E-state index contributed by atoms with van der Waals surface area (Å²) in [6.45, 7) is 2.09. The monoisotopic (exact) mass is 230 g/mol. The van der Waals surface area contributed by atoms with Crippen LogP contribution >= 0.6 is 11.8 Å². The van der Waals surface area contributed by atoms with Crippen molar-refractivity contribution in [1.29, 1.82) is 0 Å². The average Bonchev–Trinajstić information content (AvgIpc) is 2.29. The Morgan fingerprint density at radius 1 is 1.38 bits per heavy atom. The van der Waals surface area contributed by atoms with Crippen LogP contribution in [0.3, 0.4) is 0 Å². The zero-order valence-electron chi connectivity index (χ0n) is 9.29. The van der Waals surface area contributed by atoms with Crippen LogP contribution in [0.2, 0.25) is 0 Å². The van der Waals surface area contributed by atoms with Gasteiger partial charge in [-0.3, -0.25) is 4.98 Å². The summed E-state index contributed by atoms with van der Waals surface area (Å²) >= 11 is 1.94. The largest absolute Gasteiger partial charge is 0.398 e. The molecule has 0 fully saturated rings. The summed E-state index contributed by atoms with van der Waals surface area (Å²) in [5.74, 6) is 2.18. The van der Waals surface area contributed by atoms with E-state index in [2.05, 4.69) is 25.1 Å². The van der Waals surface area contributed by atoms with Gasteiger partial charge in [0.25, 0.3) is 0 Å². The van der Waals surface area contributed by atoms with Gasteiger partial charge in [-0.25, -0.2) is 0 Å². The molecule has 0 atom stereocenters. The molecule has 0 aliphatic carbocycles. The Kier molecular flexibility index (Phi) is 2.28. The molecule has 1 aromatic carbocycles. The normalized spacial score (nSPS) is 15.1. The molecule has 1 aliphatic heterocycles. The lowest BCUT2D eigenvalue weighted by Gasteiger charge is -2.18. The molecule has 16 heavy (non-hydrogen) atoms. The van der Waals surface area contributed by atoms with Gasteiger partial charge in [0, 0.05) is 28.1 Å². The molecule has 2 aromatic rings. The maximum absolute atomic E-state index is 6.24. The van der Waals surface area contributed by atoms with Crippen molar-refractivity contribution in [2.75, 3.05) is 11.5 Å². The van der Waals surface area contributed by atoms with Crippen LogP contribution in [-0.2, 0) is 12.2 Å². The lowest BCUT2D eigenvalue weighted by molar-refractivity contribution is 1.01. The number of hydrogen-bond acceptors (Lipinski definition) is 3. The fourth-order valence-electron chi connectivity index (χ4n) is 2.20. The fourth-order valence-corrected chi connectivity index (χ4v) is 3.21. The third-order valence-corrected chi connectivity index (χ3v) is 4.09. The number of nitrogen functional groups attached to an aromatic ring is 1. The topological polar surface area (TPSA) is 38.9 Å². The van der Waals surface area contributed by atoms with Gasteiger partial charge < -0.3 is 5.73 Å². The Morgan fingerprint density at radius 3 is 3.12 bits per heavy atom. The van der Waals surface area contributed by atoms with E-state index in [1.54, 1.807) is 0 Å². The number of aryl methyl sites for hydroxylation is 2. The Labute approximate surface area is 99.2 Å². The van der Waals surface area contributed by atoms with E-state index in [1.807, 2.05) is 11.8 Å². The lowest BCUT2D eigenvalue weighted by atomic mass is 10.0. The summed E-state index contributed by atoms with van der Waals surface area (Å²) in [5.41, 5.74) is 11.9. The van der Waals surface area contributed by atoms with Crippen LogP contribution in [0.5, 0.6) is 0 Å². The number of nitrogens with two attached hydrogens (primary N) is 1. The molecule has 0 saturated heterocycles. The van der Waals surface area contributed by atoms with Gasteiger partial charge in [-0.1, -0.05) is 12.1 Å². The van der Waals surface area contributed by atoms with Gasteiger partial charge >= 0.3 is 0 Å². The van der Waals surface area contributed by atoms with Gasteiger partial charge in [0.15, 0.2) is 0 Å². The minimum absolute atomic E-state index is 0.937. The number of fused-ring (bicyclic) bond motifs is 2. The van der Waals surface area contributed by atoms with Crippen LogP contribution in [0.25, 0.3) is 10.9 Å². The van der Waals surface area contributed by atoms with Crippen molar-refractivity contribution in [1.82, 2.24) is 4.98 Å². The van der Waals surface area contributed by atoms with Gasteiger partial charge in [0.05, 0.1) is 5.52 Å². The number of benzene rings is 1. The van der Waals surface area contributed by atoms with Crippen molar-refractivity contribution in [3.63, 3.8) is 0 Å². The second-order valence-corrected chi connectivity index (χ2v) is 5.38. The zero-order chi connectivity index (χ0) is 11.1. The summed E-state index contributed by atoms with van der Waals surface area (Å²) in [7, 11) is 0. The summed E-state index contributed by atoms with van der Waals surface area (Å²) in [4.78, 5) is 4.74. The van der Waals surface area contributed by atoms with E-state index in [0.717, 1.165) is 34.5 Å². The molecule has 0 amide bonds. The number of aromatic nitrogens is 1. The molecule has 3 rings (SSSR count). The number of thioether (sulfide) groups is 1. The standard InChI is InChI=1S/C13H14N2S/c1-8-2-3-9-12(6-8)15-11-4-5-16-7-10(11)13(9)14/h2-3,6H,4-5,7H2,1H3,(H2,14,15). The van der Waals surface area contributed by atoms with E-state index < -0.39 is 0 Å². The van der Waals surface area contributed by atoms with Gasteiger partial charge in [0.2, 0.25) is 0 Å². The van der Waals surface area contributed by atoms with Crippen molar-refractivity contribution in [2.24, 2.45) is 0 Å². The molecule has 2 nitrogen and oxygen atoms in total. The van der Waals surface area contributed by atoms with Crippen LogP contribution in [0, 0.1) is 6.92 Å². The van der Waals surface area contributed by atoms with Crippen LogP contribution < -0.4 is 5.73 Å². The fraction of sp³-hybridized carbons (Fsp3) is 0.308. The predicted octanol–water partition coefficient (Wildman–Crippen LogP) is 2.91. The number of rotatable bonds is 0. The summed E-state index contributed by atoms with van der Waals surface area (Å²) in [5, 5.41) is 1.10. The number of pyridine rings is 1. The lowest BCUT2D eigenvalue weighted by Crippen LogP contribution is -2.09. The number of anilines is 1. The highest BCUT2D eigenvalue weighted by atomic mass is 32.2. The SMILES string of the molecule is Cc1ccc2c(N)c3c(nc2c1)CCSC3. The van der Waals surface area contributed by atoms with Crippen LogP contribution in [-0.4, -0.2) is 10.7 Å². The van der Waals surface area contributed by atoms with E-state index in [1.165, 1.54) is 16.8 Å². The van der Waals surface area contributed by atoms with Gasteiger partial charge in [0.1, 0.15) is 0 Å². The Balaban J connectivity index is 2.34. The predicted molar refractivity (Wildman–Crippen MR) is 70.8 cm³/mol. The van der Waals surface area contributed by atoms with Gasteiger partial charge in [-0.15, -0.1) is 0 Å². The van der Waals surface area contributed by atoms with Crippen molar-refractivity contribution >= 4 is 28.4 Å². The van der Waals surface area contributed by atoms with Crippen LogP contribution in [0.15, 0.2) is 18.2 Å². The molecular weight excluding hydrogens is 216 g/mol. The Morgan fingerprint density at radius 2 is 2.25 bits per heavy atom. The van der Waals surface area contributed by atoms with Gasteiger partial charge in [-0.05, 0) is 30.7 Å². The Hall–Kier alpha value is -1.22. The number of nitrogens with zero attached hydrogens (tertiary/aromatic N) is 1.